The summed E-state index contributed by atoms with van der Waals surface area (Å²) < 4.78 is 2.06. The van der Waals surface area contributed by atoms with Gasteiger partial charge in [0.25, 0.3) is 0 Å². The molecule has 0 bridgehead atoms. The van der Waals surface area contributed by atoms with E-state index < -0.39 is 5.96 Å². The number of hydrogen-bond acceptors (Lipinski definition) is 1. The number of aromatic nitrogens is 2. The van der Waals surface area contributed by atoms with Crippen LogP contribution < -0.4 is 15.9 Å². The van der Waals surface area contributed by atoms with Gasteiger partial charge in [-0.3, -0.25) is 0 Å². The Morgan fingerprint density at radius 2 is 1.00 bits per heavy atom. The van der Waals surface area contributed by atoms with E-state index in [1.807, 2.05) is 36.4 Å². The van der Waals surface area contributed by atoms with Gasteiger partial charge in [0.1, 0.15) is 0 Å². The third-order valence-electron chi connectivity index (χ3n) is 6.18. The molecular formula is C28H23Cl2N2P. The molecule has 0 aliphatic carbocycles. The van der Waals surface area contributed by atoms with Crippen LogP contribution in [0.4, 0.5) is 0 Å². The molecule has 164 valence electrons. The molecule has 2 nitrogen and oxygen atoms in total. The fourth-order valence-corrected chi connectivity index (χ4v) is 10.9. The molecule has 0 atom stereocenters. The molecule has 0 saturated heterocycles. The average molecular weight is 489 g/mol. The maximum atomic E-state index is 8.23. The van der Waals surface area contributed by atoms with E-state index >= 15 is 0 Å². The Balaban J connectivity index is 1.85. The number of rotatable bonds is 6. The third-order valence-corrected chi connectivity index (χ3v) is 13.6. The normalized spacial score (nSPS) is 12.7. The molecule has 5 aromatic rings. The molecule has 0 unspecified atom stereocenters. The number of nitrogens with zero attached hydrogens (tertiary/aromatic N) is 2. The molecule has 0 aliphatic heterocycles. The molecule has 0 N–H and O–H groups in total. The summed E-state index contributed by atoms with van der Waals surface area (Å²) in [7, 11) is 0. The van der Waals surface area contributed by atoms with Crippen molar-refractivity contribution in [3.05, 3.63) is 139 Å². The molecular weight excluding hydrogens is 466 g/mol. The zero-order valence-corrected chi connectivity index (χ0v) is 20.3. The molecule has 33 heavy (non-hydrogen) atoms. The molecule has 0 radical (unpaired) electrons. The number of benzene rings is 4. The van der Waals surface area contributed by atoms with Crippen LogP contribution in [0.1, 0.15) is 5.69 Å². The number of imidazole rings is 1. The van der Waals surface area contributed by atoms with Gasteiger partial charge in [0.05, 0.1) is 0 Å². The first-order chi connectivity index (χ1) is 16.1. The van der Waals surface area contributed by atoms with Crippen LogP contribution in [-0.4, -0.2) is 9.55 Å². The molecule has 0 saturated carbocycles. The van der Waals surface area contributed by atoms with Crippen LogP contribution in [0.2, 0.25) is 5.15 Å². The van der Waals surface area contributed by atoms with E-state index in [-0.39, 0.29) is 0 Å². The van der Waals surface area contributed by atoms with Gasteiger partial charge in [0.2, 0.25) is 0 Å². The van der Waals surface area contributed by atoms with Crippen molar-refractivity contribution in [2.24, 2.45) is 0 Å². The SMILES string of the molecule is Clc1ncn(-c2ccccc2)c1CP(Cl)(c1ccccc1)(c1ccccc1)c1ccccc1. The molecule has 0 spiro atoms. The van der Waals surface area contributed by atoms with Gasteiger partial charge in [0, 0.05) is 0 Å². The van der Waals surface area contributed by atoms with Gasteiger partial charge in [-0.25, -0.2) is 0 Å². The number of halogens is 2. The van der Waals surface area contributed by atoms with Gasteiger partial charge in [-0.1, -0.05) is 0 Å². The molecule has 1 aromatic heterocycles. The molecule has 0 aliphatic rings. The summed E-state index contributed by atoms with van der Waals surface area (Å²) in [4.78, 5) is 4.48. The maximum absolute atomic E-state index is 8.23. The van der Waals surface area contributed by atoms with Crippen molar-refractivity contribution in [2.75, 3.05) is 0 Å². The fourth-order valence-electron chi connectivity index (χ4n) is 4.52. The van der Waals surface area contributed by atoms with E-state index in [9.17, 15) is 0 Å². The monoisotopic (exact) mass is 488 g/mol. The van der Waals surface area contributed by atoms with Gasteiger partial charge >= 0.3 is 205 Å². The van der Waals surface area contributed by atoms with E-state index in [4.69, 9.17) is 22.8 Å². The second kappa shape index (κ2) is 8.80. The zero-order chi connectivity index (χ0) is 22.8. The minimum atomic E-state index is -3.52. The van der Waals surface area contributed by atoms with Crippen LogP contribution in [0.15, 0.2) is 128 Å². The van der Waals surface area contributed by atoms with Crippen molar-refractivity contribution in [1.29, 1.82) is 0 Å². The molecule has 5 heteroatoms. The summed E-state index contributed by atoms with van der Waals surface area (Å²) in [5.41, 5.74) is 1.90. The number of hydrogen-bond donors (Lipinski definition) is 0. The summed E-state index contributed by atoms with van der Waals surface area (Å²) in [5, 5.41) is 3.76. The van der Waals surface area contributed by atoms with Crippen LogP contribution >= 0.6 is 28.8 Å². The van der Waals surface area contributed by atoms with Crippen molar-refractivity contribution in [1.82, 2.24) is 9.55 Å². The van der Waals surface area contributed by atoms with Gasteiger partial charge in [-0.2, -0.15) is 0 Å². The Labute approximate surface area is 204 Å². The van der Waals surface area contributed by atoms with Crippen molar-refractivity contribution >= 4 is 44.7 Å². The van der Waals surface area contributed by atoms with Gasteiger partial charge in [0.15, 0.2) is 0 Å². The second-order valence-corrected chi connectivity index (χ2v) is 14.9. The Kier molecular flexibility index (Phi) is 5.85. The van der Waals surface area contributed by atoms with Crippen LogP contribution in [0, 0.1) is 0 Å². The van der Waals surface area contributed by atoms with Gasteiger partial charge < -0.3 is 0 Å². The Bertz CT molecular complexity index is 1260. The quantitative estimate of drug-likeness (QED) is 0.243. The topological polar surface area (TPSA) is 17.8 Å². The van der Waals surface area contributed by atoms with Crippen molar-refractivity contribution in [3.63, 3.8) is 0 Å². The van der Waals surface area contributed by atoms with E-state index in [1.54, 1.807) is 6.33 Å². The van der Waals surface area contributed by atoms with Gasteiger partial charge in [-0.15, -0.1) is 0 Å². The summed E-state index contributed by atoms with van der Waals surface area (Å²) in [6.07, 6.45) is 2.31. The van der Waals surface area contributed by atoms with Crippen molar-refractivity contribution in [2.45, 2.75) is 6.16 Å². The van der Waals surface area contributed by atoms with Crippen LogP contribution in [0.25, 0.3) is 5.69 Å². The Hall–Kier alpha value is -2.90. The predicted octanol–water partition coefficient (Wildman–Crippen LogP) is 6.71. The van der Waals surface area contributed by atoms with Crippen LogP contribution in [-0.2, 0) is 6.16 Å². The summed E-state index contributed by atoms with van der Waals surface area (Å²) >= 11 is 15.0. The molecule has 0 amide bonds. The van der Waals surface area contributed by atoms with E-state index in [2.05, 4.69) is 94.5 Å². The summed E-state index contributed by atoms with van der Waals surface area (Å²) in [6, 6.07) is 41.4. The van der Waals surface area contributed by atoms with Gasteiger partial charge in [-0.05, 0) is 0 Å². The van der Waals surface area contributed by atoms with Crippen LogP contribution in [0.5, 0.6) is 0 Å². The molecule has 1 heterocycles. The van der Waals surface area contributed by atoms with Crippen molar-refractivity contribution < 1.29 is 0 Å². The zero-order valence-electron chi connectivity index (χ0n) is 17.9. The third kappa shape index (κ3) is 3.69. The van der Waals surface area contributed by atoms with E-state index in [0.29, 0.717) is 11.3 Å². The Morgan fingerprint density at radius 1 is 0.606 bits per heavy atom. The molecule has 5 rings (SSSR count). The predicted molar refractivity (Wildman–Crippen MR) is 143 cm³/mol. The summed E-state index contributed by atoms with van der Waals surface area (Å²) in [5.74, 6) is -3.52. The van der Waals surface area contributed by atoms with Crippen LogP contribution in [0.3, 0.4) is 0 Å². The standard InChI is InChI=1S/C28H23Cl2N2P/c29-28-27(32(22-31-28)23-13-5-1-6-14-23)21-33(30,24-15-7-2-8-16-24,25-17-9-3-10-18-25)26-19-11-4-12-20-26/h1-20,22H,21H2. The second-order valence-electron chi connectivity index (χ2n) is 8.04. The Morgan fingerprint density at radius 3 is 1.42 bits per heavy atom. The fraction of sp³-hybridized carbons (Fsp3) is 0.0357. The first-order valence-corrected chi connectivity index (χ1v) is 14.5. The molecule has 4 aromatic carbocycles. The summed E-state index contributed by atoms with van der Waals surface area (Å²) in [6.45, 7) is 0. The minimum absolute atomic E-state index is 0.469. The van der Waals surface area contributed by atoms with E-state index in [0.717, 1.165) is 27.3 Å². The van der Waals surface area contributed by atoms with E-state index in [1.165, 1.54) is 0 Å². The average Bonchev–Trinajstić information content (AvgIpc) is 3.25. The first kappa shape index (κ1) is 21.9. The number of para-hydroxylation sites is 1. The molecule has 0 fully saturated rings. The first-order valence-electron chi connectivity index (χ1n) is 10.8. The van der Waals surface area contributed by atoms with Crippen molar-refractivity contribution in [3.8, 4) is 5.69 Å².